The first-order chi connectivity index (χ1) is 8.11. The van der Waals surface area contributed by atoms with E-state index in [1.54, 1.807) is 0 Å². The maximum absolute atomic E-state index is 9.63. The second-order valence-electron chi connectivity index (χ2n) is 5.03. The molecular formula is C14H30O3. The van der Waals surface area contributed by atoms with Gasteiger partial charge in [-0.1, -0.05) is 45.4 Å². The van der Waals surface area contributed by atoms with Gasteiger partial charge in [0.25, 0.3) is 0 Å². The summed E-state index contributed by atoms with van der Waals surface area (Å²) in [6.07, 6.45) is 7.38. The zero-order chi connectivity index (χ0) is 13.1. The first kappa shape index (κ1) is 16.9. The van der Waals surface area contributed by atoms with Gasteiger partial charge in [0, 0.05) is 0 Å². The van der Waals surface area contributed by atoms with Crippen LogP contribution in [0.4, 0.5) is 0 Å². The van der Waals surface area contributed by atoms with Gasteiger partial charge in [0.15, 0.2) is 0 Å². The van der Waals surface area contributed by atoms with Gasteiger partial charge in [-0.15, -0.1) is 0 Å². The Morgan fingerprint density at radius 3 is 2.12 bits per heavy atom. The van der Waals surface area contributed by atoms with Crippen LogP contribution in [0.5, 0.6) is 0 Å². The molecule has 0 fully saturated rings. The average Bonchev–Trinajstić information content (AvgIpc) is 2.30. The van der Waals surface area contributed by atoms with E-state index < -0.39 is 6.10 Å². The van der Waals surface area contributed by atoms with Crippen LogP contribution in [0.15, 0.2) is 0 Å². The van der Waals surface area contributed by atoms with E-state index in [1.165, 1.54) is 32.1 Å². The van der Waals surface area contributed by atoms with Crippen LogP contribution in [0.3, 0.4) is 0 Å². The third-order valence-electron chi connectivity index (χ3n) is 2.91. The molecule has 3 heteroatoms. The van der Waals surface area contributed by atoms with Gasteiger partial charge in [0.05, 0.1) is 18.8 Å². The van der Waals surface area contributed by atoms with Crippen molar-refractivity contribution in [2.75, 3.05) is 6.61 Å². The van der Waals surface area contributed by atoms with E-state index in [-0.39, 0.29) is 18.8 Å². The summed E-state index contributed by atoms with van der Waals surface area (Å²) in [5, 5.41) is 18.6. The van der Waals surface area contributed by atoms with Gasteiger partial charge >= 0.3 is 0 Å². The molecule has 0 bridgehead atoms. The van der Waals surface area contributed by atoms with Crippen LogP contribution < -0.4 is 0 Å². The van der Waals surface area contributed by atoms with E-state index in [4.69, 9.17) is 9.84 Å². The molecule has 0 spiro atoms. The largest absolute Gasteiger partial charge is 0.394 e. The van der Waals surface area contributed by atoms with Gasteiger partial charge in [0.2, 0.25) is 0 Å². The number of ether oxygens (including phenoxy) is 1. The highest BCUT2D eigenvalue weighted by Crippen LogP contribution is 2.14. The van der Waals surface area contributed by atoms with Crippen LogP contribution in [0.2, 0.25) is 0 Å². The van der Waals surface area contributed by atoms with E-state index in [9.17, 15) is 5.11 Å². The monoisotopic (exact) mass is 246 g/mol. The van der Waals surface area contributed by atoms with Crippen molar-refractivity contribution < 1.29 is 14.9 Å². The number of aliphatic hydroxyl groups is 2. The molecule has 0 aliphatic heterocycles. The molecule has 3 nitrogen and oxygen atoms in total. The minimum Gasteiger partial charge on any atom is -0.394 e. The predicted molar refractivity (Wildman–Crippen MR) is 71.1 cm³/mol. The van der Waals surface area contributed by atoms with Gasteiger partial charge in [-0.05, 0) is 20.3 Å². The lowest BCUT2D eigenvalue weighted by atomic mass is 10.0. The fourth-order valence-electron chi connectivity index (χ4n) is 1.94. The second kappa shape index (κ2) is 11.0. The molecule has 0 rings (SSSR count). The third-order valence-corrected chi connectivity index (χ3v) is 2.91. The summed E-state index contributed by atoms with van der Waals surface area (Å²) >= 11 is 0. The zero-order valence-electron chi connectivity index (χ0n) is 11.7. The molecule has 0 aromatic heterocycles. The minimum absolute atomic E-state index is 0.0984. The van der Waals surface area contributed by atoms with Crippen molar-refractivity contribution in [2.45, 2.75) is 84.0 Å². The number of rotatable bonds is 11. The van der Waals surface area contributed by atoms with Crippen LogP contribution in [0.1, 0.15) is 65.7 Å². The van der Waals surface area contributed by atoms with E-state index in [1.807, 2.05) is 13.8 Å². The van der Waals surface area contributed by atoms with Crippen molar-refractivity contribution in [1.82, 2.24) is 0 Å². The number of hydrogen-bond donors (Lipinski definition) is 2. The Morgan fingerprint density at radius 2 is 1.59 bits per heavy atom. The number of aliphatic hydroxyl groups excluding tert-OH is 2. The maximum atomic E-state index is 9.63. The van der Waals surface area contributed by atoms with Crippen LogP contribution in [0.25, 0.3) is 0 Å². The molecule has 0 radical (unpaired) electrons. The van der Waals surface area contributed by atoms with E-state index in [0.29, 0.717) is 0 Å². The Bertz CT molecular complexity index is 160. The smallest absolute Gasteiger partial charge is 0.103 e. The maximum Gasteiger partial charge on any atom is 0.103 e. The van der Waals surface area contributed by atoms with Gasteiger partial charge < -0.3 is 14.9 Å². The molecule has 104 valence electrons. The Morgan fingerprint density at radius 1 is 1.00 bits per heavy atom. The van der Waals surface area contributed by atoms with E-state index in [0.717, 1.165) is 12.8 Å². The second-order valence-corrected chi connectivity index (χ2v) is 5.03. The first-order valence-corrected chi connectivity index (χ1v) is 7.06. The van der Waals surface area contributed by atoms with E-state index in [2.05, 4.69) is 6.92 Å². The van der Waals surface area contributed by atoms with Crippen LogP contribution in [-0.4, -0.2) is 35.1 Å². The highest BCUT2D eigenvalue weighted by molar-refractivity contribution is 4.69. The lowest BCUT2D eigenvalue weighted by molar-refractivity contribution is -0.0846. The summed E-state index contributed by atoms with van der Waals surface area (Å²) in [6, 6.07) is 0. The van der Waals surface area contributed by atoms with Crippen molar-refractivity contribution in [3.8, 4) is 0 Å². The number of hydrogen-bond acceptors (Lipinski definition) is 3. The average molecular weight is 246 g/mol. The van der Waals surface area contributed by atoms with Crippen LogP contribution in [-0.2, 0) is 4.74 Å². The summed E-state index contributed by atoms with van der Waals surface area (Å²) in [4.78, 5) is 0. The Hall–Kier alpha value is -0.120. The van der Waals surface area contributed by atoms with Gasteiger partial charge in [-0.2, -0.15) is 0 Å². The molecule has 0 aliphatic carbocycles. The normalized spacial score (nSPS) is 15.2. The topological polar surface area (TPSA) is 49.7 Å². The van der Waals surface area contributed by atoms with Crippen molar-refractivity contribution >= 4 is 0 Å². The van der Waals surface area contributed by atoms with Crippen molar-refractivity contribution in [3.05, 3.63) is 0 Å². The fraction of sp³-hybridized carbons (Fsp3) is 1.00. The minimum atomic E-state index is -0.743. The molecule has 0 saturated heterocycles. The molecule has 0 amide bonds. The molecule has 2 atom stereocenters. The Labute approximate surface area is 106 Å². The predicted octanol–water partition coefficient (Wildman–Crippen LogP) is 2.88. The summed E-state index contributed by atoms with van der Waals surface area (Å²) in [6.45, 7) is 5.91. The molecule has 0 heterocycles. The summed E-state index contributed by atoms with van der Waals surface area (Å²) in [5.74, 6) is 0. The lowest BCUT2D eigenvalue weighted by Gasteiger charge is -2.24. The van der Waals surface area contributed by atoms with Crippen molar-refractivity contribution in [2.24, 2.45) is 0 Å². The van der Waals surface area contributed by atoms with Gasteiger partial charge in [-0.3, -0.25) is 0 Å². The molecule has 0 aliphatic rings. The van der Waals surface area contributed by atoms with Gasteiger partial charge in [0.1, 0.15) is 6.10 Å². The highest BCUT2D eigenvalue weighted by atomic mass is 16.5. The van der Waals surface area contributed by atoms with Crippen LogP contribution in [0, 0.1) is 0 Å². The van der Waals surface area contributed by atoms with E-state index >= 15 is 0 Å². The Balaban J connectivity index is 3.68. The molecule has 0 aromatic carbocycles. The van der Waals surface area contributed by atoms with Gasteiger partial charge in [-0.25, -0.2) is 0 Å². The lowest BCUT2D eigenvalue weighted by Crippen LogP contribution is -2.34. The molecular weight excluding hydrogens is 216 g/mol. The van der Waals surface area contributed by atoms with Crippen molar-refractivity contribution in [3.63, 3.8) is 0 Å². The first-order valence-electron chi connectivity index (χ1n) is 7.06. The van der Waals surface area contributed by atoms with Crippen molar-refractivity contribution in [1.29, 1.82) is 0 Å². The molecule has 0 saturated carbocycles. The fourth-order valence-corrected chi connectivity index (χ4v) is 1.94. The summed E-state index contributed by atoms with van der Waals surface area (Å²) < 4.78 is 5.62. The van der Waals surface area contributed by atoms with Crippen LogP contribution >= 0.6 is 0 Å². The quantitative estimate of drug-likeness (QED) is 0.551. The molecule has 0 aromatic rings. The standard InChI is InChI=1S/C14H30O3/c1-4-5-6-7-8-9-10-14(13(16)11-15)17-12(2)3/h12-16H,4-11H2,1-3H3. The molecule has 17 heavy (non-hydrogen) atoms. The SMILES string of the molecule is CCCCCCCCC(OC(C)C)C(O)CO. The highest BCUT2D eigenvalue weighted by Gasteiger charge is 2.19. The summed E-state index contributed by atoms with van der Waals surface area (Å²) in [7, 11) is 0. The zero-order valence-corrected chi connectivity index (χ0v) is 11.7. The Kier molecular flexibility index (Phi) is 10.9. The molecule has 2 unspecified atom stereocenters. The molecule has 2 N–H and O–H groups in total. The third kappa shape index (κ3) is 9.57. The summed E-state index contributed by atoms with van der Waals surface area (Å²) in [5.41, 5.74) is 0. The number of unbranched alkanes of at least 4 members (excludes halogenated alkanes) is 5.